The molecule has 5 aliphatic rings. The molecular weight excluding hydrogens is 296 g/mol. The van der Waals surface area contributed by atoms with Gasteiger partial charge in [0, 0.05) is 17.8 Å². The van der Waals surface area contributed by atoms with E-state index in [0.717, 1.165) is 37.2 Å². The lowest BCUT2D eigenvalue weighted by Crippen LogP contribution is -2.50. The molecule has 2 heteroatoms. The maximum absolute atomic E-state index is 12.8. The number of rotatable bonds is 2. The molecule has 0 bridgehead atoms. The number of hydrogen-bond acceptors (Lipinski definition) is 2. The van der Waals surface area contributed by atoms with Crippen LogP contribution in [-0.2, 0) is 9.53 Å². The molecule has 0 aromatic rings. The van der Waals surface area contributed by atoms with Crippen LogP contribution in [0.25, 0.3) is 0 Å². The molecule has 0 aromatic heterocycles. The average molecular weight is 326 g/mol. The van der Waals surface area contributed by atoms with Crippen molar-refractivity contribution in [2.75, 3.05) is 6.61 Å². The lowest BCUT2D eigenvalue weighted by molar-refractivity contribution is -0.135. The summed E-state index contributed by atoms with van der Waals surface area (Å²) in [5.41, 5.74) is 1.84. The van der Waals surface area contributed by atoms with Gasteiger partial charge in [0.25, 0.3) is 0 Å². The van der Waals surface area contributed by atoms with Gasteiger partial charge in [0.15, 0.2) is 0 Å². The van der Waals surface area contributed by atoms with Crippen LogP contribution in [0.1, 0.15) is 59.3 Å². The van der Waals surface area contributed by atoms with Gasteiger partial charge in [-0.25, -0.2) is 0 Å². The van der Waals surface area contributed by atoms with Crippen molar-refractivity contribution >= 4 is 5.78 Å². The van der Waals surface area contributed by atoms with Crippen LogP contribution < -0.4 is 0 Å². The molecule has 3 fully saturated rings. The van der Waals surface area contributed by atoms with Crippen LogP contribution in [0, 0.1) is 40.4 Å². The van der Waals surface area contributed by atoms with E-state index in [1.54, 1.807) is 0 Å². The van der Waals surface area contributed by atoms with Gasteiger partial charge in [0.2, 0.25) is 0 Å². The van der Waals surface area contributed by atoms with E-state index in [4.69, 9.17) is 4.74 Å². The molecule has 2 nitrogen and oxygen atoms in total. The first kappa shape index (κ1) is 15.2. The number of fused-ring (bicyclic) bond motifs is 7. The fourth-order valence-corrected chi connectivity index (χ4v) is 7.27. The second kappa shape index (κ2) is 4.77. The summed E-state index contributed by atoms with van der Waals surface area (Å²) in [7, 11) is 0. The topological polar surface area (TPSA) is 26.3 Å². The maximum atomic E-state index is 12.8. The Kier molecular flexibility index (Phi) is 3.02. The van der Waals surface area contributed by atoms with Gasteiger partial charge in [-0.05, 0) is 79.8 Å². The van der Waals surface area contributed by atoms with E-state index in [0.29, 0.717) is 23.0 Å². The molecule has 0 aromatic carbocycles. The van der Waals surface area contributed by atoms with Gasteiger partial charge in [-0.3, -0.25) is 4.79 Å². The fraction of sp³-hybridized carbons (Fsp3) is 0.773. The number of Topliss-reactive ketones (excluding diaryl/α,β-unsaturated/α-hetero) is 1. The summed E-state index contributed by atoms with van der Waals surface area (Å²) >= 11 is 0. The number of ketones is 1. The van der Waals surface area contributed by atoms with Crippen LogP contribution in [-0.4, -0.2) is 12.4 Å². The highest BCUT2D eigenvalue weighted by atomic mass is 16.5. The smallest absolute Gasteiger partial charge is 0.142 e. The molecule has 5 aliphatic carbocycles. The normalized spacial score (nSPS) is 51.6. The summed E-state index contributed by atoms with van der Waals surface area (Å²) in [6.45, 7) is 7.65. The molecule has 130 valence electrons. The highest BCUT2D eigenvalue weighted by molar-refractivity contribution is 5.92. The van der Waals surface area contributed by atoms with Crippen LogP contribution >= 0.6 is 0 Å². The second-order valence-electron chi connectivity index (χ2n) is 9.48. The van der Waals surface area contributed by atoms with Gasteiger partial charge in [0.1, 0.15) is 5.78 Å². The predicted molar refractivity (Wildman–Crippen MR) is 94.2 cm³/mol. The Hall–Kier alpha value is -1.05. The Bertz CT molecular complexity index is 659. The van der Waals surface area contributed by atoms with Gasteiger partial charge >= 0.3 is 0 Å². The lowest BCUT2D eigenvalue weighted by Gasteiger charge is -2.56. The number of carbonyl (C=O) groups is 1. The Labute approximate surface area is 145 Å². The Morgan fingerprint density at radius 2 is 2.04 bits per heavy atom. The van der Waals surface area contributed by atoms with E-state index in [9.17, 15) is 4.79 Å². The zero-order valence-electron chi connectivity index (χ0n) is 15.3. The van der Waals surface area contributed by atoms with Crippen molar-refractivity contribution in [3.8, 4) is 0 Å². The number of carbonyl (C=O) groups excluding carboxylic acids is 1. The zero-order chi connectivity index (χ0) is 16.7. The number of allylic oxidation sites excluding steroid dienone is 4. The molecule has 0 heterocycles. The van der Waals surface area contributed by atoms with Gasteiger partial charge in [-0.15, -0.1) is 0 Å². The minimum absolute atomic E-state index is 0.0114. The van der Waals surface area contributed by atoms with Crippen LogP contribution in [0.2, 0.25) is 0 Å². The van der Waals surface area contributed by atoms with Crippen molar-refractivity contribution in [2.24, 2.45) is 40.4 Å². The minimum atomic E-state index is 0.0114. The van der Waals surface area contributed by atoms with Crippen molar-refractivity contribution in [2.45, 2.75) is 59.3 Å². The zero-order valence-corrected chi connectivity index (χ0v) is 15.3. The van der Waals surface area contributed by atoms with Crippen molar-refractivity contribution < 1.29 is 9.53 Å². The first-order valence-corrected chi connectivity index (χ1v) is 10.1. The first-order valence-electron chi connectivity index (χ1n) is 10.1. The summed E-state index contributed by atoms with van der Waals surface area (Å²) < 4.78 is 5.81. The van der Waals surface area contributed by atoms with Gasteiger partial charge < -0.3 is 4.74 Å². The monoisotopic (exact) mass is 326 g/mol. The highest BCUT2D eigenvalue weighted by Gasteiger charge is 2.69. The van der Waals surface area contributed by atoms with Crippen LogP contribution in [0.4, 0.5) is 0 Å². The van der Waals surface area contributed by atoms with Crippen LogP contribution in [0.5, 0.6) is 0 Å². The third-order valence-electron chi connectivity index (χ3n) is 8.51. The molecule has 5 rings (SSSR count). The Morgan fingerprint density at radius 1 is 1.21 bits per heavy atom. The second-order valence-corrected chi connectivity index (χ2v) is 9.48. The molecule has 0 saturated heterocycles. The molecule has 0 unspecified atom stereocenters. The standard InChI is InChI=1S/C22H30O2/c1-4-24-14-7-9-21(2)13(11-14)5-6-15-18(21)8-10-22(3)19(15)16-12-17(16)20(22)23/h5,11,15-19H,4,6-10,12H2,1-3H3/t15-,16-,17+,18+,19-,21+,22+/m1/s1. The van der Waals surface area contributed by atoms with E-state index in [1.807, 2.05) is 0 Å². The third kappa shape index (κ3) is 1.75. The van der Waals surface area contributed by atoms with E-state index in [1.165, 1.54) is 37.0 Å². The lowest BCUT2D eigenvalue weighted by atomic mass is 9.48. The Balaban J connectivity index is 1.51. The fourth-order valence-electron chi connectivity index (χ4n) is 7.27. The van der Waals surface area contributed by atoms with Gasteiger partial charge in [-0.1, -0.05) is 19.9 Å². The van der Waals surface area contributed by atoms with E-state index >= 15 is 0 Å². The van der Waals surface area contributed by atoms with Crippen LogP contribution in [0.15, 0.2) is 23.5 Å². The van der Waals surface area contributed by atoms with Gasteiger partial charge in [0.05, 0.1) is 12.4 Å². The highest BCUT2D eigenvalue weighted by Crippen LogP contribution is 2.71. The predicted octanol–water partition coefficient (Wildman–Crippen LogP) is 4.90. The minimum Gasteiger partial charge on any atom is -0.498 e. The number of hydrogen-bond donors (Lipinski definition) is 0. The van der Waals surface area contributed by atoms with Crippen molar-refractivity contribution in [1.82, 2.24) is 0 Å². The van der Waals surface area contributed by atoms with Crippen LogP contribution in [0.3, 0.4) is 0 Å². The largest absolute Gasteiger partial charge is 0.498 e. The summed E-state index contributed by atoms with van der Waals surface area (Å²) in [4.78, 5) is 12.8. The van der Waals surface area contributed by atoms with Crippen molar-refractivity contribution in [3.63, 3.8) is 0 Å². The summed E-state index contributed by atoms with van der Waals surface area (Å²) in [6.07, 6.45) is 11.9. The summed E-state index contributed by atoms with van der Waals surface area (Å²) in [5, 5.41) is 0. The molecule has 0 aliphatic heterocycles. The molecule has 24 heavy (non-hydrogen) atoms. The van der Waals surface area contributed by atoms with Crippen molar-refractivity contribution in [1.29, 1.82) is 0 Å². The molecule has 0 N–H and O–H groups in total. The SMILES string of the molecule is CCOC1=CC2=CC[C@H]3[C@@H]4[C@@H]5C[C@@H]5C(=O)[C@@]4(C)CC[C@@H]3[C@@]2(C)CC1. The first-order chi connectivity index (χ1) is 11.5. The quantitative estimate of drug-likeness (QED) is 0.721. The molecule has 0 spiro atoms. The average Bonchev–Trinajstić information content (AvgIpc) is 3.30. The summed E-state index contributed by atoms with van der Waals surface area (Å²) in [5.74, 6) is 5.14. The Morgan fingerprint density at radius 3 is 2.83 bits per heavy atom. The maximum Gasteiger partial charge on any atom is 0.142 e. The van der Waals surface area contributed by atoms with E-state index in [2.05, 4.69) is 32.9 Å². The third-order valence-corrected chi connectivity index (χ3v) is 8.51. The molecule has 3 saturated carbocycles. The van der Waals surface area contributed by atoms with E-state index < -0.39 is 0 Å². The van der Waals surface area contributed by atoms with E-state index in [-0.39, 0.29) is 5.41 Å². The van der Waals surface area contributed by atoms with Crippen molar-refractivity contribution in [3.05, 3.63) is 23.5 Å². The molecule has 0 radical (unpaired) electrons. The molecule has 0 amide bonds. The molecular formula is C22H30O2. The summed E-state index contributed by atoms with van der Waals surface area (Å²) in [6, 6.07) is 0. The molecule has 7 atom stereocenters. The number of ether oxygens (including phenoxy) is 1. The van der Waals surface area contributed by atoms with Gasteiger partial charge in [-0.2, -0.15) is 0 Å².